The van der Waals surface area contributed by atoms with Gasteiger partial charge in [-0.25, -0.2) is 4.98 Å². The van der Waals surface area contributed by atoms with Gasteiger partial charge in [0, 0.05) is 18.4 Å². The molecule has 2 unspecified atom stereocenters. The maximum Gasteiger partial charge on any atom is 0.0948 e. The minimum Gasteiger partial charge on any atom is -0.335 e. The molecule has 1 heterocycles. The number of hydrogen-bond donors (Lipinski definition) is 1. The Kier molecular flexibility index (Phi) is 4.66. The number of rotatable bonds is 6. The highest BCUT2D eigenvalue weighted by molar-refractivity contribution is 4.78. The number of imidazole rings is 1. The van der Waals surface area contributed by atoms with E-state index in [2.05, 4.69) is 28.7 Å². The lowest BCUT2D eigenvalue weighted by molar-refractivity contribution is 0.414. The van der Waals surface area contributed by atoms with Crippen LogP contribution in [-0.4, -0.2) is 23.1 Å². The van der Waals surface area contributed by atoms with E-state index in [1.54, 1.807) is 0 Å². The van der Waals surface area contributed by atoms with Gasteiger partial charge in [-0.1, -0.05) is 6.92 Å². The lowest BCUT2D eigenvalue weighted by Gasteiger charge is -2.16. The molecule has 2 atom stereocenters. The Balaban J connectivity index is 2.24. The summed E-state index contributed by atoms with van der Waals surface area (Å²) in [7, 11) is 2.01. The van der Waals surface area contributed by atoms with Gasteiger partial charge < -0.3 is 9.88 Å². The smallest absolute Gasteiger partial charge is 0.0948 e. The second-order valence-corrected chi connectivity index (χ2v) is 4.10. The predicted molar refractivity (Wildman–Crippen MR) is 59.3 cm³/mol. The van der Waals surface area contributed by atoms with E-state index in [4.69, 9.17) is 0 Å². The van der Waals surface area contributed by atoms with Crippen molar-refractivity contribution in [3.05, 3.63) is 18.7 Å². The Morgan fingerprint density at radius 3 is 2.71 bits per heavy atom. The molecule has 0 fully saturated rings. The van der Waals surface area contributed by atoms with Crippen molar-refractivity contribution in [1.82, 2.24) is 14.9 Å². The van der Waals surface area contributed by atoms with Crippen LogP contribution in [-0.2, 0) is 0 Å². The molecule has 80 valence electrons. The Morgan fingerprint density at radius 1 is 1.36 bits per heavy atom. The Hall–Kier alpha value is -0.830. The van der Waals surface area contributed by atoms with Crippen LogP contribution < -0.4 is 5.32 Å². The maximum absolute atomic E-state index is 4.06. The van der Waals surface area contributed by atoms with Crippen molar-refractivity contribution < 1.29 is 0 Å². The van der Waals surface area contributed by atoms with E-state index in [-0.39, 0.29) is 0 Å². The Morgan fingerprint density at radius 2 is 2.14 bits per heavy atom. The molecule has 1 rings (SSSR count). The molecule has 0 aliphatic heterocycles. The zero-order chi connectivity index (χ0) is 10.4. The molecule has 3 nitrogen and oxygen atoms in total. The number of aromatic nitrogens is 2. The van der Waals surface area contributed by atoms with Crippen molar-refractivity contribution in [2.45, 2.75) is 32.7 Å². The van der Waals surface area contributed by atoms with E-state index < -0.39 is 0 Å². The van der Waals surface area contributed by atoms with E-state index in [0.29, 0.717) is 6.04 Å². The molecule has 1 aromatic heterocycles. The molecule has 1 aromatic rings. The first-order valence-corrected chi connectivity index (χ1v) is 5.36. The third kappa shape index (κ3) is 3.50. The largest absolute Gasteiger partial charge is 0.335 e. The molecule has 0 aromatic carbocycles. The monoisotopic (exact) mass is 195 g/mol. The number of hydrogen-bond acceptors (Lipinski definition) is 2. The zero-order valence-corrected chi connectivity index (χ0v) is 9.40. The fraction of sp³-hybridized carbons (Fsp3) is 0.727. The first kappa shape index (κ1) is 11.2. The third-order valence-corrected chi connectivity index (χ3v) is 2.66. The average Bonchev–Trinajstić information content (AvgIpc) is 2.67. The minimum absolute atomic E-state index is 0.566. The molecule has 0 aliphatic carbocycles. The van der Waals surface area contributed by atoms with Gasteiger partial charge in [-0.05, 0) is 39.3 Å². The lowest BCUT2D eigenvalue weighted by atomic mass is 10.0. The molecular formula is C11H21N3. The van der Waals surface area contributed by atoms with Crippen molar-refractivity contribution in [3.63, 3.8) is 0 Å². The van der Waals surface area contributed by atoms with Gasteiger partial charge in [0.1, 0.15) is 0 Å². The topological polar surface area (TPSA) is 29.9 Å². The van der Waals surface area contributed by atoms with Crippen molar-refractivity contribution in [3.8, 4) is 0 Å². The molecule has 0 saturated carbocycles. The van der Waals surface area contributed by atoms with Gasteiger partial charge in [0.05, 0.1) is 6.33 Å². The highest BCUT2D eigenvalue weighted by atomic mass is 15.0. The summed E-state index contributed by atoms with van der Waals surface area (Å²) in [6.45, 7) is 5.64. The highest BCUT2D eigenvalue weighted by Crippen LogP contribution is 2.15. The molecule has 0 aliphatic rings. The van der Waals surface area contributed by atoms with Crippen LogP contribution >= 0.6 is 0 Å². The van der Waals surface area contributed by atoms with E-state index in [9.17, 15) is 0 Å². The lowest BCUT2D eigenvalue weighted by Crippen LogP contribution is -2.17. The summed E-state index contributed by atoms with van der Waals surface area (Å²) in [5, 5.41) is 3.21. The van der Waals surface area contributed by atoms with Gasteiger partial charge in [-0.2, -0.15) is 0 Å². The van der Waals surface area contributed by atoms with Crippen LogP contribution in [0.2, 0.25) is 0 Å². The summed E-state index contributed by atoms with van der Waals surface area (Å²) in [6.07, 6.45) is 8.26. The average molecular weight is 195 g/mol. The van der Waals surface area contributed by atoms with Crippen LogP contribution in [0.3, 0.4) is 0 Å². The summed E-state index contributed by atoms with van der Waals surface area (Å²) in [6, 6.07) is 0.566. The molecule has 0 bridgehead atoms. The summed E-state index contributed by atoms with van der Waals surface area (Å²) < 4.78 is 2.17. The SMILES string of the molecule is CNCC(C)CCC(C)n1ccnc1. The zero-order valence-electron chi connectivity index (χ0n) is 9.40. The first-order valence-electron chi connectivity index (χ1n) is 5.36. The molecular weight excluding hydrogens is 174 g/mol. The van der Waals surface area contributed by atoms with Crippen molar-refractivity contribution in [1.29, 1.82) is 0 Å². The van der Waals surface area contributed by atoms with Crippen molar-refractivity contribution in [2.24, 2.45) is 5.92 Å². The number of nitrogens with one attached hydrogen (secondary N) is 1. The normalized spacial score (nSPS) is 15.4. The molecule has 0 amide bonds. The molecule has 14 heavy (non-hydrogen) atoms. The van der Waals surface area contributed by atoms with Crippen LogP contribution in [0.5, 0.6) is 0 Å². The van der Waals surface area contributed by atoms with Crippen LogP contribution in [0, 0.1) is 5.92 Å². The Bertz CT molecular complexity index is 231. The summed E-state index contributed by atoms with van der Waals surface area (Å²) >= 11 is 0. The second-order valence-electron chi connectivity index (χ2n) is 4.10. The summed E-state index contributed by atoms with van der Waals surface area (Å²) in [5.41, 5.74) is 0. The molecule has 3 heteroatoms. The molecule has 1 N–H and O–H groups in total. The van der Waals surface area contributed by atoms with Crippen molar-refractivity contribution >= 4 is 0 Å². The van der Waals surface area contributed by atoms with Gasteiger partial charge in [-0.15, -0.1) is 0 Å². The predicted octanol–water partition coefficient (Wildman–Crippen LogP) is 2.08. The molecule has 0 saturated heterocycles. The Labute approximate surface area is 86.5 Å². The standard InChI is InChI=1S/C11H21N3/c1-10(8-12-3)4-5-11(2)14-7-6-13-9-14/h6-7,9-12H,4-5,8H2,1-3H3. The van der Waals surface area contributed by atoms with Gasteiger partial charge in [-0.3, -0.25) is 0 Å². The van der Waals surface area contributed by atoms with E-state index in [1.807, 2.05) is 25.8 Å². The highest BCUT2D eigenvalue weighted by Gasteiger charge is 2.06. The van der Waals surface area contributed by atoms with Gasteiger partial charge in [0.15, 0.2) is 0 Å². The van der Waals surface area contributed by atoms with E-state index >= 15 is 0 Å². The van der Waals surface area contributed by atoms with Crippen LogP contribution in [0.15, 0.2) is 18.7 Å². The van der Waals surface area contributed by atoms with E-state index in [0.717, 1.165) is 12.5 Å². The maximum atomic E-state index is 4.06. The van der Waals surface area contributed by atoms with Gasteiger partial charge in [0.2, 0.25) is 0 Å². The van der Waals surface area contributed by atoms with Crippen LogP contribution in [0.25, 0.3) is 0 Å². The molecule has 0 spiro atoms. The van der Waals surface area contributed by atoms with Gasteiger partial charge in [0.25, 0.3) is 0 Å². The summed E-state index contributed by atoms with van der Waals surface area (Å²) in [5.74, 6) is 0.756. The first-order chi connectivity index (χ1) is 6.74. The minimum atomic E-state index is 0.566. The van der Waals surface area contributed by atoms with Crippen LogP contribution in [0.4, 0.5) is 0 Å². The summed E-state index contributed by atoms with van der Waals surface area (Å²) in [4.78, 5) is 4.06. The fourth-order valence-corrected chi connectivity index (χ4v) is 1.66. The van der Waals surface area contributed by atoms with E-state index in [1.165, 1.54) is 12.8 Å². The van der Waals surface area contributed by atoms with Crippen LogP contribution in [0.1, 0.15) is 32.7 Å². The second kappa shape index (κ2) is 5.81. The number of nitrogens with zero attached hydrogens (tertiary/aromatic N) is 2. The third-order valence-electron chi connectivity index (χ3n) is 2.66. The van der Waals surface area contributed by atoms with Gasteiger partial charge >= 0.3 is 0 Å². The quantitative estimate of drug-likeness (QED) is 0.753. The fourth-order valence-electron chi connectivity index (χ4n) is 1.66. The molecule has 0 radical (unpaired) electrons. The van der Waals surface area contributed by atoms with Crippen molar-refractivity contribution in [2.75, 3.05) is 13.6 Å².